The van der Waals surface area contributed by atoms with Crippen LogP contribution in [-0.4, -0.2) is 72.8 Å². The molecule has 4 aromatic heterocycles. The SMILES string of the molecule is Cc1cccc(-c2nc(Nc3ccncc3C(=O)NCC3(O)CCN(C)CC3)c3cccn3n2)n1. The topological polar surface area (TPSA) is 121 Å². The summed E-state index contributed by atoms with van der Waals surface area (Å²) < 4.78 is 1.73. The van der Waals surface area contributed by atoms with Crippen LogP contribution in [0.3, 0.4) is 0 Å². The number of aryl methyl sites for hydroxylation is 1. The van der Waals surface area contributed by atoms with Crippen LogP contribution in [0.2, 0.25) is 0 Å². The van der Waals surface area contributed by atoms with Crippen molar-refractivity contribution in [3.05, 3.63) is 66.2 Å². The second-order valence-electron chi connectivity index (χ2n) is 9.04. The van der Waals surface area contributed by atoms with E-state index >= 15 is 0 Å². The molecule has 10 heteroatoms. The fourth-order valence-corrected chi connectivity index (χ4v) is 4.17. The van der Waals surface area contributed by atoms with Gasteiger partial charge in [-0.3, -0.25) is 9.78 Å². The minimum atomic E-state index is -0.904. The molecule has 10 nitrogen and oxygen atoms in total. The zero-order valence-electron chi connectivity index (χ0n) is 19.8. The Bertz CT molecular complexity index is 1360. The van der Waals surface area contributed by atoms with Gasteiger partial charge in [0, 0.05) is 43.9 Å². The van der Waals surface area contributed by atoms with Crippen molar-refractivity contribution < 1.29 is 9.90 Å². The Labute approximate surface area is 203 Å². The molecule has 0 saturated carbocycles. The van der Waals surface area contributed by atoms with Crippen LogP contribution in [0.5, 0.6) is 0 Å². The summed E-state index contributed by atoms with van der Waals surface area (Å²) in [6.45, 7) is 3.70. The van der Waals surface area contributed by atoms with Crippen molar-refractivity contribution in [3.63, 3.8) is 0 Å². The molecule has 3 N–H and O–H groups in total. The van der Waals surface area contributed by atoms with Gasteiger partial charge in [0.15, 0.2) is 5.82 Å². The fourth-order valence-electron chi connectivity index (χ4n) is 4.17. The maximum Gasteiger partial charge on any atom is 0.255 e. The lowest BCUT2D eigenvalue weighted by Crippen LogP contribution is -2.50. The number of hydrogen-bond acceptors (Lipinski definition) is 8. The van der Waals surface area contributed by atoms with Crippen LogP contribution in [0.4, 0.5) is 11.5 Å². The van der Waals surface area contributed by atoms with Crippen LogP contribution in [0.15, 0.2) is 55.0 Å². The van der Waals surface area contributed by atoms with E-state index in [4.69, 9.17) is 4.98 Å². The van der Waals surface area contributed by atoms with E-state index in [2.05, 4.69) is 30.6 Å². The highest BCUT2D eigenvalue weighted by Gasteiger charge is 2.31. The number of carbonyl (C=O) groups excluding carboxylic acids is 1. The molecule has 4 aromatic rings. The number of pyridine rings is 2. The molecule has 0 aromatic carbocycles. The molecule has 180 valence electrons. The molecule has 1 aliphatic rings. The van der Waals surface area contributed by atoms with E-state index in [9.17, 15) is 9.90 Å². The van der Waals surface area contributed by atoms with Gasteiger partial charge in [0.05, 0.1) is 16.9 Å². The van der Waals surface area contributed by atoms with E-state index < -0.39 is 5.60 Å². The number of fused-ring (bicyclic) bond motifs is 1. The average Bonchev–Trinajstić information content (AvgIpc) is 3.34. The Balaban J connectivity index is 1.41. The molecule has 0 radical (unpaired) electrons. The lowest BCUT2D eigenvalue weighted by molar-refractivity contribution is -0.0135. The number of piperidine rings is 1. The Morgan fingerprint density at radius 1 is 1.14 bits per heavy atom. The molecule has 0 aliphatic carbocycles. The normalized spacial score (nSPS) is 15.7. The third-order valence-electron chi connectivity index (χ3n) is 6.32. The summed E-state index contributed by atoms with van der Waals surface area (Å²) in [6.07, 6.45) is 6.19. The highest BCUT2D eigenvalue weighted by atomic mass is 16.3. The van der Waals surface area contributed by atoms with Gasteiger partial charge in [-0.25, -0.2) is 14.5 Å². The van der Waals surface area contributed by atoms with Gasteiger partial charge in [-0.15, -0.1) is 5.10 Å². The third-order valence-corrected chi connectivity index (χ3v) is 6.32. The van der Waals surface area contributed by atoms with Gasteiger partial charge in [0.1, 0.15) is 11.2 Å². The number of nitrogens with one attached hydrogen (secondary N) is 2. The Hall–Kier alpha value is -3.89. The van der Waals surface area contributed by atoms with Crippen molar-refractivity contribution in [2.75, 3.05) is 32.0 Å². The summed E-state index contributed by atoms with van der Waals surface area (Å²) in [4.78, 5) is 28.7. The van der Waals surface area contributed by atoms with Crippen molar-refractivity contribution >= 4 is 22.9 Å². The molecule has 5 rings (SSSR count). The van der Waals surface area contributed by atoms with Gasteiger partial charge in [-0.05, 0) is 57.1 Å². The lowest BCUT2D eigenvalue weighted by atomic mass is 9.91. The molecule has 35 heavy (non-hydrogen) atoms. The molecular weight excluding hydrogens is 444 g/mol. The standard InChI is InChI=1S/C25H28N8O2/c1-17-5-3-6-20(28-17)22-30-23(21-7-4-12-33(21)31-22)29-19-8-11-26-15-18(19)24(34)27-16-25(35)9-13-32(2)14-10-25/h3-8,11-12,15,35H,9-10,13-14,16H2,1-2H3,(H,27,34)(H,26,29,30,31). The van der Waals surface area contributed by atoms with Gasteiger partial charge in [0.25, 0.3) is 5.91 Å². The van der Waals surface area contributed by atoms with E-state index in [-0.39, 0.29) is 12.5 Å². The summed E-state index contributed by atoms with van der Waals surface area (Å²) in [5.41, 5.74) is 2.29. The van der Waals surface area contributed by atoms with Crippen molar-refractivity contribution in [1.82, 2.24) is 34.8 Å². The van der Waals surface area contributed by atoms with Crippen LogP contribution < -0.4 is 10.6 Å². The van der Waals surface area contributed by atoms with E-state index in [1.807, 2.05) is 50.5 Å². The minimum absolute atomic E-state index is 0.188. The zero-order valence-corrected chi connectivity index (χ0v) is 19.8. The first-order valence-electron chi connectivity index (χ1n) is 11.6. The summed E-state index contributed by atoms with van der Waals surface area (Å²) in [7, 11) is 2.03. The molecule has 0 spiro atoms. The highest BCUT2D eigenvalue weighted by molar-refractivity contribution is 6.00. The van der Waals surface area contributed by atoms with E-state index in [0.29, 0.717) is 41.4 Å². The van der Waals surface area contributed by atoms with Gasteiger partial charge < -0.3 is 20.6 Å². The van der Waals surface area contributed by atoms with E-state index in [0.717, 1.165) is 24.3 Å². The van der Waals surface area contributed by atoms with Crippen molar-refractivity contribution in [1.29, 1.82) is 0 Å². The summed E-state index contributed by atoms with van der Waals surface area (Å²) >= 11 is 0. The number of anilines is 2. The average molecular weight is 473 g/mol. The number of nitrogens with zero attached hydrogens (tertiary/aromatic N) is 6. The maximum absolute atomic E-state index is 13.1. The Kier molecular flexibility index (Phi) is 6.14. The molecule has 1 amide bonds. The lowest BCUT2D eigenvalue weighted by Gasteiger charge is -2.36. The number of aliphatic hydroxyl groups is 1. The Morgan fingerprint density at radius 2 is 1.97 bits per heavy atom. The van der Waals surface area contributed by atoms with E-state index in [1.165, 1.54) is 6.20 Å². The maximum atomic E-state index is 13.1. The van der Waals surface area contributed by atoms with Crippen molar-refractivity contribution in [2.45, 2.75) is 25.4 Å². The molecule has 1 fully saturated rings. The highest BCUT2D eigenvalue weighted by Crippen LogP contribution is 2.26. The van der Waals surface area contributed by atoms with Crippen LogP contribution in [0.25, 0.3) is 17.0 Å². The van der Waals surface area contributed by atoms with Crippen LogP contribution >= 0.6 is 0 Å². The number of rotatable bonds is 6. The monoisotopic (exact) mass is 472 g/mol. The molecule has 1 saturated heterocycles. The van der Waals surface area contributed by atoms with Gasteiger partial charge >= 0.3 is 0 Å². The van der Waals surface area contributed by atoms with Gasteiger partial charge in [0.2, 0.25) is 5.82 Å². The van der Waals surface area contributed by atoms with Crippen molar-refractivity contribution in [2.24, 2.45) is 0 Å². The molecule has 0 unspecified atom stereocenters. The number of likely N-dealkylation sites (tertiary alicyclic amines) is 1. The predicted molar refractivity (Wildman–Crippen MR) is 132 cm³/mol. The van der Waals surface area contributed by atoms with Crippen LogP contribution in [0.1, 0.15) is 28.9 Å². The second kappa shape index (κ2) is 9.40. The first-order chi connectivity index (χ1) is 16.9. The number of hydrogen-bond donors (Lipinski definition) is 3. The third kappa shape index (κ3) is 4.98. The summed E-state index contributed by atoms with van der Waals surface area (Å²) in [5.74, 6) is 0.691. The number of carbonyl (C=O) groups is 1. The zero-order chi connectivity index (χ0) is 24.4. The smallest absolute Gasteiger partial charge is 0.255 e. The molecule has 5 heterocycles. The first-order valence-corrected chi connectivity index (χ1v) is 11.6. The first kappa shape index (κ1) is 22.9. The van der Waals surface area contributed by atoms with Gasteiger partial charge in [-0.2, -0.15) is 0 Å². The quantitative estimate of drug-likeness (QED) is 0.391. The van der Waals surface area contributed by atoms with Crippen LogP contribution in [-0.2, 0) is 0 Å². The Morgan fingerprint density at radius 3 is 2.77 bits per heavy atom. The fraction of sp³-hybridized carbons (Fsp3) is 0.320. The molecular formula is C25H28N8O2. The summed E-state index contributed by atoms with van der Waals surface area (Å²) in [5, 5.41) is 21.6. The predicted octanol–water partition coefficient (Wildman–Crippen LogP) is 2.42. The van der Waals surface area contributed by atoms with Gasteiger partial charge in [-0.1, -0.05) is 6.07 Å². The van der Waals surface area contributed by atoms with Crippen LogP contribution in [0, 0.1) is 6.92 Å². The second-order valence-corrected chi connectivity index (χ2v) is 9.04. The number of amides is 1. The summed E-state index contributed by atoms with van der Waals surface area (Å²) in [6, 6.07) is 11.2. The molecule has 0 bridgehead atoms. The number of aromatic nitrogens is 5. The molecule has 0 atom stereocenters. The largest absolute Gasteiger partial charge is 0.388 e. The molecule has 1 aliphatic heterocycles. The minimum Gasteiger partial charge on any atom is -0.388 e. The van der Waals surface area contributed by atoms with Crippen molar-refractivity contribution in [3.8, 4) is 11.5 Å². The van der Waals surface area contributed by atoms with E-state index in [1.54, 1.807) is 16.8 Å².